The summed E-state index contributed by atoms with van der Waals surface area (Å²) in [6.45, 7) is 0. The fourth-order valence-corrected chi connectivity index (χ4v) is 5.67. The number of aryl methyl sites for hydroxylation is 2. The van der Waals surface area contributed by atoms with Crippen molar-refractivity contribution in [3.63, 3.8) is 0 Å². The van der Waals surface area contributed by atoms with Crippen molar-refractivity contribution >= 4 is 40.0 Å². The van der Waals surface area contributed by atoms with Crippen molar-refractivity contribution in [1.29, 1.82) is 0 Å². The minimum Gasteiger partial charge on any atom is -0.453 e. The lowest BCUT2D eigenvalue weighted by Gasteiger charge is -2.22. The minimum atomic E-state index is -3.02. The smallest absolute Gasteiger partial charge is 0.407 e. The van der Waals surface area contributed by atoms with Crippen molar-refractivity contribution in [2.45, 2.75) is 50.6 Å². The number of thiol groups is 1. The molecule has 0 saturated heterocycles. The quantitative estimate of drug-likeness (QED) is 0.208. The number of fused-ring (bicyclic) bond motifs is 1. The highest BCUT2D eigenvalue weighted by molar-refractivity contribution is 7.67. The highest BCUT2D eigenvalue weighted by Crippen LogP contribution is 2.31. The number of rotatable bonds is 11. The molecule has 2 aromatic carbocycles. The van der Waals surface area contributed by atoms with Crippen LogP contribution in [0.3, 0.4) is 0 Å². The van der Waals surface area contributed by atoms with Crippen molar-refractivity contribution in [1.82, 2.24) is 15.6 Å². The van der Waals surface area contributed by atoms with Gasteiger partial charge in [0.1, 0.15) is 11.0 Å². The number of ether oxygens (including phenoxy) is 1. The van der Waals surface area contributed by atoms with Gasteiger partial charge in [-0.15, -0.1) is 11.3 Å². The van der Waals surface area contributed by atoms with Crippen molar-refractivity contribution < 1.29 is 27.0 Å². The predicted octanol–water partition coefficient (Wildman–Crippen LogP) is 3.26. The molecule has 202 valence electrons. The van der Waals surface area contributed by atoms with Crippen LogP contribution in [0, 0.1) is 0 Å². The molecule has 0 fully saturated rings. The molecule has 0 unspecified atom stereocenters. The highest BCUT2D eigenvalue weighted by Gasteiger charge is 2.28. The molecule has 1 aliphatic carbocycles. The summed E-state index contributed by atoms with van der Waals surface area (Å²) < 4.78 is 30.5. The Morgan fingerprint density at radius 1 is 0.974 bits per heavy atom. The Balaban J connectivity index is 1.56. The Morgan fingerprint density at radius 2 is 1.68 bits per heavy atom. The Morgan fingerprint density at radius 3 is 2.37 bits per heavy atom. The van der Waals surface area contributed by atoms with Crippen LogP contribution < -0.4 is 16.1 Å². The zero-order chi connectivity index (χ0) is 26.9. The van der Waals surface area contributed by atoms with E-state index in [1.165, 1.54) is 12.0 Å². The molecular weight excluding hydrogens is 528 g/mol. The third-order valence-corrected chi connectivity index (χ3v) is 7.70. The number of nitrogens with zero attached hydrogens (tertiary/aromatic N) is 1. The van der Waals surface area contributed by atoms with E-state index >= 15 is 0 Å². The second kappa shape index (κ2) is 13.4. The van der Waals surface area contributed by atoms with Crippen LogP contribution in [-0.4, -0.2) is 38.6 Å². The zero-order valence-corrected chi connectivity index (χ0v) is 22.6. The van der Waals surface area contributed by atoms with E-state index in [1.807, 2.05) is 42.5 Å². The van der Waals surface area contributed by atoms with Crippen molar-refractivity contribution in [3.05, 3.63) is 81.3 Å². The van der Waals surface area contributed by atoms with Gasteiger partial charge in [0.2, 0.25) is 5.91 Å². The molecule has 2 atom stereocenters. The number of carbonyl (C=O) groups is 2. The molecule has 0 spiro atoms. The maximum atomic E-state index is 13.5. The molecule has 38 heavy (non-hydrogen) atoms. The molecule has 0 saturated carbocycles. The van der Waals surface area contributed by atoms with Gasteiger partial charge < -0.3 is 15.4 Å². The summed E-state index contributed by atoms with van der Waals surface area (Å²) in [5, 5.41) is 6.58. The summed E-state index contributed by atoms with van der Waals surface area (Å²) in [6, 6.07) is 15.2. The summed E-state index contributed by atoms with van der Waals surface area (Å²) in [7, 11) is -1.76. The number of methoxy groups -OCH3 is 1. The molecule has 12 heteroatoms. The SMILES string of the molecule is COC(=O)N[C@@H](Cc1ccccc1)C(=O)N[C@@H](Cc1ccc(NO[SH](=O)=O)cc1)c1nc2c(s1)CCCC2. The van der Waals surface area contributed by atoms with Gasteiger partial charge in [-0.05, 0) is 55.4 Å². The number of hydrogen-bond acceptors (Lipinski definition) is 9. The predicted molar refractivity (Wildman–Crippen MR) is 144 cm³/mol. The molecular formula is C26H30N4O6S2. The van der Waals surface area contributed by atoms with E-state index in [9.17, 15) is 18.0 Å². The van der Waals surface area contributed by atoms with Gasteiger partial charge in [0.25, 0.3) is 11.0 Å². The van der Waals surface area contributed by atoms with Crippen LogP contribution in [0.5, 0.6) is 0 Å². The van der Waals surface area contributed by atoms with Gasteiger partial charge in [-0.25, -0.2) is 23.7 Å². The van der Waals surface area contributed by atoms with E-state index in [2.05, 4.69) is 20.4 Å². The van der Waals surface area contributed by atoms with Gasteiger partial charge in [0.05, 0.1) is 24.5 Å². The fraction of sp³-hybridized carbons (Fsp3) is 0.346. The second-order valence-corrected chi connectivity index (χ2v) is 10.6. The largest absolute Gasteiger partial charge is 0.453 e. The number of amides is 2. The zero-order valence-electron chi connectivity index (χ0n) is 20.8. The van der Waals surface area contributed by atoms with Crippen molar-refractivity contribution in [3.8, 4) is 0 Å². The number of thiazole rings is 1. The Labute approximate surface area is 226 Å². The van der Waals surface area contributed by atoms with Crippen LogP contribution in [0.2, 0.25) is 0 Å². The Bertz CT molecular complexity index is 1280. The van der Waals surface area contributed by atoms with Crippen LogP contribution in [-0.2, 0) is 50.5 Å². The first-order valence-corrected chi connectivity index (χ1v) is 14.2. The molecule has 4 rings (SSSR count). The normalized spacial score (nSPS) is 14.3. The molecule has 0 aliphatic heterocycles. The summed E-state index contributed by atoms with van der Waals surface area (Å²) in [6.07, 6.45) is 4.19. The first-order valence-electron chi connectivity index (χ1n) is 12.2. The van der Waals surface area contributed by atoms with Gasteiger partial charge in [0, 0.05) is 11.3 Å². The first-order chi connectivity index (χ1) is 18.4. The Hall–Kier alpha value is -3.48. The molecule has 2 amide bonds. The van der Waals surface area contributed by atoms with Gasteiger partial charge >= 0.3 is 6.09 Å². The first kappa shape index (κ1) is 27.6. The molecule has 3 aromatic rings. The summed E-state index contributed by atoms with van der Waals surface area (Å²) in [5.41, 5.74) is 5.72. The van der Waals surface area contributed by atoms with E-state index in [4.69, 9.17) is 9.72 Å². The lowest BCUT2D eigenvalue weighted by Crippen LogP contribution is -2.49. The van der Waals surface area contributed by atoms with Crippen molar-refractivity contribution in [2.75, 3.05) is 12.6 Å². The maximum absolute atomic E-state index is 13.5. The molecule has 1 aromatic heterocycles. The number of carbonyl (C=O) groups excluding carboxylic acids is 2. The minimum absolute atomic E-state index is 0.297. The molecule has 0 radical (unpaired) electrons. The highest BCUT2D eigenvalue weighted by atomic mass is 32.2. The van der Waals surface area contributed by atoms with E-state index in [0.29, 0.717) is 18.5 Å². The molecule has 0 bridgehead atoms. The van der Waals surface area contributed by atoms with E-state index in [0.717, 1.165) is 47.5 Å². The lowest BCUT2D eigenvalue weighted by atomic mass is 10.0. The molecule has 1 aliphatic rings. The van der Waals surface area contributed by atoms with Crippen LogP contribution >= 0.6 is 11.3 Å². The van der Waals surface area contributed by atoms with Gasteiger partial charge in [-0.3, -0.25) is 4.79 Å². The number of alkyl carbamates (subject to hydrolysis) is 1. The summed E-state index contributed by atoms with van der Waals surface area (Å²) in [4.78, 5) is 31.7. The number of hydrogen-bond donors (Lipinski definition) is 4. The average Bonchev–Trinajstić information content (AvgIpc) is 3.37. The summed E-state index contributed by atoms with van der Waals surface area (Å²) >= 11 is 1.62. The third-order valence-electron chi connectivity index (χ3n) is 6.19. The van der Waals surface area contributed by atoms with Crippen LogP contribution in [0.1, 0.15) is 45.6 Å². The monoisotopic (exact) mass is 558 g/mol. The van der Waals surface area contributed by atoms with Gasteiger partial charge in [-0.2, -0.15) is 4.28 Å². The second-order valence-electron chi connectivity index (χ2n) is 8.89. The summed E-state index contributed by atoms with van der Waals surface area (Å²) in [5.74, 6) is -0.344. The number of anilines is 1. The fourth-order valence-electron chi connectivity index (χ4n) is 4.29. The number of benzene rings is 2. The number of nitrogens with one attached hydrogen (secondary N) is 3. The van der Waals surface area contributed by atoms with Crippen molar-refractivity contribution in [2.24, 2.45) is 0 Å². The average molecular weight is 559 g/mol. The van der Waals surface area contributed by atoms with Crippen LogP contribution in [0.15, 0.2) is 54.6 Å². The van der Waals surface area contributed by atoms with E-state index in [1.54, 1.807) is 23.5 Å². The Kier molecular flexibility index (Phi) is 9.68. The van der Waals surface area contributed by atoms with Gasteiger partial charge in [-0.1, -0.05) is 42.5 Å². The van der Waals surface area contributed by atoms with E-state index in [-0.39, 0.29) is 5.91 Å². The molecule has 3 N–H and O–H groups in total. The topological polar surface area (TPSA) is 136 Å². The van der Waals surface area contributed by atoms with Gasteiger partial charge in [0.15, 0.2) is 0 Å². The standard InChI is InChI=1S/C26H30N4O6S2/c1-35-26(32)29-21(15-17-7-3-2-4-8-17)24(31)27-22(25-28-20-9-5-6-10-23(20)37-25)16-18-11-13-19(14-12-18)30-36-38(33)34/h2-4,7-8,11-14,21-22,30,38H,5-6,9-10,15-16H2,1H3,(H,27,31)(H,29,32)/t21-,22-/m0/s1. The molecule has 1 heterocycles. The maximum Gasteiger partial charge on any atom is 0.407 e. The van der Waals surface area contributed by atoms with Crippen LogP contribution in [0.4, 0.5) is 10.5 Å². The lowest BCUT2D eigenvalue weighted by molar-refractivity contribution is -0.123. The van der Waals surface area contributed by atoms with E-state index < -0.39 is 29.2 Å². The number of aromatic nitrogens is 1. The van der Waals surface area contributed by atoms with Crippen LogP contribution in [0.25, 0.3) is 0 Å². The molecule has 10 nitrogen and oxygen atoms in total. The third kappa shape index (κ3) is 7.76.